The van der Waals surface area contributed by atoms with E-state index in [9.17, 15) is 14.4 Å². The van der Waals surface area contributed by atoms with Gasteiger partial charge in [-0.2, -0.15) is 0 Å². The van der Waals surface area contributed by atoms with E-state index < -0.39 is 11.4 Å². The van der Waals surface area contributed by atoms with Crippen LogP contribution in [0.4, 0.5) is 0 Å². The van der Waals surface area contributed by atoms with Crippen LogP contribution in [0.1, 0.15) is 30.1 Å². The lowest BCUT2D eigenvalue weighted by atomic mass is 10.1. The van der Waals surface area contributed by atoms with Crippen molar-refractivity contribution in [3.05, 3.63) is 29.8 Å². The number of carbonyl (C=O) groups excluding carboxylic acids is 2. The van der Waals surface area contributed by atoms with E-state index in [1.54, 1.807) is 24.3 Å². The minimum atomic E-state index is -0.877. The molecule has 1 amide bonds. The Hall–Kier alpha value is -2.37. The van der Waals surface area contributed by atoms with Crippen LogP contribution in [0.15, 0.2) is 24.3 Å². The maximum atomic E-state index is 11.6. The summed E-state index contributed by atoms with van der Waals surface area (Å²) in [5, 5.41) is 11.6. The summed E-state index contributed by atoms with van der Waals surface area (Å²) < 4.78 is 5.29. The van der Waals surface area contributed by atoms with Crippen LogP contribution in [0.25, 0.3) is 0 Å². The van der Waals surface area contributed by atoms with E-state index in [-0.39, 0.29) is 24.8 Å². The summed E-state index contributed by atoms with van der Waals surface area (Å²) in [6.07, 6.45) is 1.17. The first kappa shape index (κ1) is 15.0. The summed E-state index contributed by atoms with van der Waals surface area (Å²) in [5.41, 5.74) is -0.278. The van der Waals surface area contributed by atoms with Crippen molar-refractivity contribution in [2.75, 3.05) is 13.2 Å². The first-order valence-electron chi connectivity index (χ1n) is 6.67. The first-order chi connectivity index (χ1) is 9.93. The van der Waals surface area contributed by atoms with Crippen LogP contribution in [0.5, 0.6) is 5.75 Å². The number of hydrogen-bond donors (Lipinski definition) is 2. The van der Waals surface area contributed by atoms with Crippen molar-refractivity contribution in [3.63, 3.8) is 0 Å². The number of ketones is 1. The third-order valence-corrected chi connectivity index (χ3v) is 3.54. The highest BCUT2D eigenvalue weighted by Gasteiger charge is 2.50. The van der Waals surface area contributed by atoms with Gasteiger partial charge in [0.15, 0.2) is 12.4 Å². The van der Waals surface area contributed by atoms with E-state index in [2.05, 4.69) is 5.32 Å². The monoisotopic (exact) mass is 291 g/mol. The van der Waals surface area contributed by atoms with Gasteiger partial charge in [0.25, 0.3) is 5.91 Å². The highest BCUT2D eigenvalue weighted by Crippen LogP contribution is 2.45. The maximum absolute atomic E-state index is 11.6. The maximum Gasteiger partial charge on any atom is 0.311 e. The van der Waals surface area contributed by atoms with Gasteiger partial charge in [-0.25, -0.2) is 0 Å². The Balaban J connectivity index is 1.80. The molecule has 0 aliphatic heterocycles. The molecule has 0 bridgehead atoms. The van der Waals surface area contributed by atoms with E-state index in [1.807, 2.05) is 0 Å². The molecule has 0 unspecified atom stereocenters. The molecule has 1 aromatic rings. The molecule has 21 heavy (non-hydrogen) atoms. The highest BCUT2D eigenvalue weighted by atomic mass is 16.5. The number of carboxylic acid groups (broad SMARTS) is 1. The molecule has 0 atom stereocenters. The van der Waals surface area contributed by atoms with Crippen molar-refractivity contribution < 1.29 is 24.2 Å². The Morgan fingerprint density at radius 3 is 2.62 bits per heavy atom. The number of nitrogens with one attached hydrogen (secondary N) is 1. The van der Waals surface area contributed by atoms with E-state index in [0.717, 1.165) is 0 Å². The fraction of sp³-hybridized carbons (Fsp3) is 0.400. The largest absolute Gasteiger partial charge is 0.484 e. The van der Waals surface area contributed by atoms with Gasteiger partial charge in [0.2, 0.25) is 0 Å². The number of ether oxygens (including phenoxy) is 1. The lowest BCUT2D eigenvalue weighted by Gasteiger charge is -2.12. The molecule has 1 fully saturated rings. The second-order valence-electron chi connectivity index (χ2n) is 5.23. The average molecular weight is 291 g/mol. The summed E-state index contributed by atoms with van der Waals surface area (Å²) in [4.78, 5) is 33.8. The molecule has 1 aromatic carbocycles. The molecule has 0 radical (unpaired) electrons. The first-order valence-corrected chi connectivity index (χ1v) is 6.67. The predicted octanol–water partition coefficient (Wildman–Crippen LogP) is 1.25. The topological polar surface area (TPSA) is 92.7 Å². The molecular weight excluding hydrogens is 274 g/mol. The number of Topliss-reactive ketones (excluding diaryl/α,β-unsaturated/α-hetero) is 1. The average Bonchev–Trinajstić information content (AvgIpc) is 3.24. The lowest BCUT2D eigenvalue weighted by molar-refractivity contribution is -0.143. The van der Waals surface area contributed by atoms with Crippen molar-refractivity contribution in [1.29, 1.82) is 0 Å². The van der Waals surface area contributed by atoms with Crippen LogP contribution in [0.2, 0.25) is 0 Å². The molecule has 1 saturated carbocycles. The summed E-state index contributed by atoms with van der Waals surface area (Å²) in [6, 6.07) is 6.56. The number of hydrogen-bond acceptors (Lipinski definition) is 4. The second kappa shape index (κ2) is 5.95. The number of carboxylic acids is 1. The minimum Gasteiger partial charge on any atom is -0.484 e. The van der Waals surface area contributed by atoms with Crippen molar-refractivity contribution in [2.45, 2.75) is 19.8 Å². The number of benzene rings is 1. The normalized spacial score (nSPS) is 15.1. The van der Waals surface area contributed by atoms with Crippen LogP contribution in [-0.4, -0.2) is 35.9 Å². The van der Waals surface area contributed by atoms with Gasteiger partial charge in [-0.15, -0.1) is 0 Å². The summed E-state index contributed by atoms with van der Waals surface area (Å²) in [6.45, 7) is 1.36. The minimum absolute atomic E-state index is 0.0814. The van der Waals surface area contributed by atoms with Gasteiger partial charge in [-0.3, -0.25) is 14.4 Å². The summed E-state index contributed by atoms with van der Waals surface area (Å²) in [7, 11) is 0. The van der Waals surface area contributed by atoms with E-state index in [0.29, 0.717) is 24.2 Å². The standard InChI is InChI=1S/C15H17NO5/c1-10(17)11-3-2-4-12(7-11)21-8-13(18)16-9-15(5-6-15)14(19)20/h2-4,7H,5-6,8-9H2,1H3,(H,16,18)(H,19,20). The quantitative estimate of drug-likeness (QED) is 0.737. The number of aliphatic carboxylic acids is 1. The van der Waals surface area contributed by atoms with Crippen molar-refractivity contribution in [1.82, 2.24) is 5.32 Å². The molecular formula is C15H17NO5. The predicted molar refractivity (Wildman–Crippen MR) is 74.3 cm³/mol. The molecule has 6 heteroatoms. The molecule has 112 valence electrons. The van der Waals surface area contributed by atoms with Gasteiger partial charge in [0.1, 0.15) is 5.75 Å². The SMILES string of the molecule is CC(=O)c1cccc(OCC(=O)NCC2(C(=O)O)CC2)c1. The number of rotatable bonds is 7. The van der Waals surface area contributed by atoms with Crippen LogP contribution >= 0.6 is 0 Å². The van der Waals surface area contributed by atoms with Crippen molar-refractivity contribution in [2.24, 2.45) is 5.41 Å². The third-order valence-electron chi connectivity index (χ3n) is 3.54. The fourth-order valence-electron chi connectivity index (χ4n) is 1.89. The van der Waals surface area contributed by atoms with E-state index >= 15 is 0 Å². The second-order valence-corrected chi connectivity index (χ2v) is 5.23. The van der Waals surface area contributed by atoms with Crippen LogP contribution in [-0.2, 0) is 9.59 Å². The van der Waals surface area contributed by atoms with Crippen molar-refractivity contribution >= 4 is 17.7 Å². The Bertz CT molecular complexity index is 577. The van der Waals surface area contributed by atoms with Gasteiger partial charge in [-0.1, -0.05) is 12.1 Å². The van der Waals surface area contributed by atoms with Gasteiger partial charge < -0.3 is 15.2 Å². The highest BCUT2D eigenvalue weighted by molar-refractivity contribution is 5.94. The Morgan fingerprint density at radius 2 is 2.05 bits per heavy atom. The van der Waals surface area contributed by atoms with Crippen LogP contribution < -0.4 is 10.1 Å². The smallest absolute Gasteiger partial charge is 0.311 e. The Labute approximate surface area is 122 Å². The number of carbonyl (C=O) groups is 3. The Morgan fingerprint density at radius 1 is 1.33 bits per heavy atom. The summed E-state index contributed by atoms with van der Waals surface area (Å²) in [5.74, 6) is -0.909. The van der Waals surface area contributed by atoms with Gasteiger partial charge in [0, 0.05) is 12.1 Å². The Kier molecular flexibility index (Phi) is 4.26. The molecule has 0 spiro atoms. The zero-order valence-electron chi connectivity index (χ0n) is 11.7. The zero-order valence-corrected chi connectivity index (χ0v) is 11.7. The van der Waals surface area contributed by atoms with Crippen LogP contribution in [0.3, 0.4) is 0 Å². The molecule has 0 saturated heterocycles. The van der Waals surface area contributed by atoms with Gasteiger partial charge in [-0.05, 0) is 31.9 Å². The molecule has 0 heterocycles. The van der Waals surface area contributed by atoms with Crippen LogP contribution in [0, 0.1) is 5.41 Å². The fourth-order valence-corrected chi connectivity index (χ4v) is 1.89. The lowest BCUT2D eigenvalue weighted by Crippen LogP contribution is -2.36. The summed E-state index contributed by atoms with van der Waals surface area (Å²) >= 11 is 0. The van der Waals surface area contributed by atoms with E-state index in [1.165, 1.54) is 6.92 Å². The van der Waals surface area contributed by atoms with Gasteiger partial charge in [0.05, 0.1) is 5.41 Å². The molecule has 0 aromatic heterocycles. The molecule has 2 N–H and O–H groups in total. The molecule has 2 rings (SSSR count). The van der Waals surface area contributed by atoms with E-state index in [4.69, 9.17) is 9.84 Å². The molecule has 6 nitrogen and oxygen atoms in total. The van der Waals surface area contributed by atoms with Gasteiger partial charge >= 0.3 is 5.97 Å². The molecule has 1 aliphatic carbocycles. The third kappa shape index (κ3) is 3.81. The molecule has 1 aliphatic rings. The number of amides is 1. The van der Waals surface area contributed by atoms with Crippen molar-refractivity contribution in [3.8, 4) is 5.75 Å². The zero-order chi connectivity index (χ0) is 15.5.